The quantitative estimate of drug-likeness (QED) is 0.776. The Morgan fingerprint density at radius 2 is 1.96 bits per heavy atom. The molecule has 1 aliphatic rings. The summed E-state index contributed by atoms with van der Waals surface area (Å²) >= 11 is 1.54. The van der Waals surface area contributed by atoms with Gasteiger partial charge in [-0.2, -0.15) is 13.2 Å². The van der Waals surface area contributed by atoms with E-state index in [0.29, 0.717) is 6.42 Å². The van der Waals surface area contributed by atoms with E-state index in [1.54, 1.807) is 5.32 Å². The highest BCUT2D eigenvalue weighted by Crippen LogP contribution is 2.41. The van der Waals surface area contributed by atoms with Crippen LogP contribution in [0.15, 0.2) is 24.3 Å². The van der Waals surface area contributed by atoms with Gasteiger partial charge in [-0.05, 0) is 25.0 Å². The van der Waals surface area contributed by atoms with Crippen LogP contribution in [-0.4, -0.2) is 36.2 Å². The zero-order chi connectivity index (χ0) is 19.4. The molecule has 1 aliphatic carbocycles. The van der Waals surface area contributed by atoms with Crippen LogP contribution in [0.25, 0.3) is 10.2 Å². The Morgan fingerprint density at radius 3 is 2.70 bits per heavy atom. The Labute approximate surface area is 157 Å². The first-order valence-corrected chi connectivity index (χ1v) is 9.51. The van der Waals surface area contributed by atoms with Gasteiger partial charge in [-0.1, -0.05) is 25.0 Å². The molecule has 0 unspecified atom stereocenters. The number of nitrogens with one attached hydrogen (secondary N) is 1. The van der Waals surface area contributed by atoms with Crippen molar-refractivity contribution in [3.05, 3.63) is 29.3 Å². The summed E-state index contributed by atoms with van der Waals surface area (Å²) in [5, 5.41) is 2.55. The molecule has 2 aromatic rings. The van der Waals surface area contributed by atoms with Crippen LogP contribution in [0.2, 0.25) is 0 Å². The Bertz CT molecular complexity index is 789. The number of para-hydroxylation sites is 1. The smallest absolute Gasteiger partial charge is 0.405 e. The van der Waals surface area contributed by atoms with Gasteiger partial charge < -0.3 is 10.1 Å². The van der Waals surface area contributed by atoms with E-state index in [2.05, 4.69) is 4.98 Å². The lowest BCUT2D eigenvalue weighted by atomic mass is 9.79. The van der Waals surface area contributed by atoms with Crippen LogP contribution in [0.4, 0.5) is 13.2 Å². The molecule has 0 saturated heterocycles. The van der Waals surface area contributed by atoms with Crippen molar-refractivity contribution in [1.82, 2.24) is 10.3 Å². The number of hydrogen-bond donors (Lipinski definition) is 1. The molecule has 1 heterocycles. The molecule has 3 rings (SSSR count). The predicted octanol–water partition coefficient (Wildman–Crippen LogP) is 3.79. The van der Waals surface area contributed by atoms with Crippen molar-refractivity contribution < 1.29 is 27.5 Å². The second-order valence-electron chi connectivity index (χ2n) is 6.52. The van der Waals surface area contributed by atoms with Gasteiger partial charge in [0.15, 0.2) is 6.61 Å². The first-order valence-electron chi connectivity index (χ1n) is 8.69. The second-order valence-corrected chi connectivity index (χ2v) is 7.58. The van der Waals surface area contributed by atoms with Crippen molar-refractivity contribution in [2.45, 2.75) is 37.8 Å². The Balaban J connectivity index is 1.62. The predicted molar refractivity (Wildman–Crippen MR) is 94.3 cm³/mol. The molecule has 1 aromatic carbocycles. The van der Waals surface area contributed by atoms with E-state index in [9.17, 15) is 22.8 Å². The number of amides is 1. The third-order valence-corrected chi connectivity index (χ3v) is 5.70. The molecule has 1 fully saturated rings. The number of alkyl halides is 3. The first-order chi connectivity index (χ1) is 12.8. The lowest BCUT2D eigenvalue weighted by molar-refractivity contribution is -0.156. The zero-order valence-corrected chi connectivity index (χ0v) is 15.2. The SMILES string of the molecule is O=C(COC(=O)[C@@H]1CCCC[C@@H]1c1nc2ccccc2s1)NCC(F)(F)F. The number of nitrogens with zero attached hydrogens (tertiary/aromatic N) is 1. The maximum atomic E-state index is 12.5. The average Bonchev–Trinajstić information content (AvgIpc) is 3.08. The van der Waals surface area contributed by atoms with Crippen molar-refractivity contribution in [2.24, 2.45) is 5.92 Å². The number of carbonyl (C=O) groups excluding carboxylic acids is 2. The molecule has 1 saturated carbocycles. The number of aromatic nitrogens is 1. The van der Waals surface area contributed by atoms with Gasteiger partial charge in [-0.25, -0.2) is 4.98 Å². The van der Waals surface area contributed by atoms with Gasteiger partial charge in [0.2, 0.25) is 0 Å². The third kappa shape index (κ3) is 5.18. The monoisotopic (exact) mass is 400 g/mol. The minimum atomic E-state index is -4.50. The van der Waals surface area contributed by atoms with E-state index in [1.165, 1.54) is 11.3 Å². The Kier molecular flexibility index (Phi) is 5.98. The standard InChI is InChI=1S/C18H19F3N2O3S/c19-18(20,21)10-22-15(24)9-26-17(25)12-6-2-1-5-11(12)16-23-13-7-3-4-8-14(13)27-16/h3-4,7-8,11-12H,1-2,5-6,9-10H2,(H,22,24)/t11-,12+/m0/s1. The lowest BCUT2D eigenvalue weighted by Gasteiger charge is -2.28. The fraction of sp³-hybridized carbons (Fsp3) is 0.500. The third-order valence-electron chi connectivity index (χ3n) is 4.53. The highest BCUT2D eigenvalue weighted by Gasteiger charge is 2.35. The number of benzene rings is 1. The molecule has 0 spiro atoms. The summed E-state index contributed by atoms with van der Waals surface area (Å²) in [6, 6.07) is 7.71. The molecule has 1 aromatic heterocycles. The molecule has 27 heavy (non-hydrogen) atoms. The van der Waals surface area contributed by atoms with Crippen LogP contribution in [0.1, 0.15) is 36.6 Å². The van der Waals surface area contributed by atoms with Gasteiger partial charge >= 0.3 is 12.1 Å². The summed E-state index contributed by atoms with van der Waals surface area (Å²) in [6.07, 6.45) is -1.26. The minimum absolute atomic E-state index is 0.0955. The zero-order valence-electron chi connectivity index (χ0n) is 14.4. The van der Waals surface area contributed by atoms with Crippen LogP contribution in [-0.2, 0) is 14.3 Å². The number of rotatable bonds is 5. The maximum Gasteiger partial charge on any atom is 0.405 e. The average molecular weight is 400 g/mol. The number of fused-ring (bicyclic) bond motifs is 1. The van der Waals surface area contributed by atoms with Gasteiger partial charge in [-0.3, -0.25) is 9.59 Å². The summed E-state index contributed by atoms with van der Waals surface area (Å²) in [5.74, 6) is -2.05. The fourth-order valence-corrected chi connectivity index (χ4v) is 4.42. The van der Waals surface area contributed by atoms with Gasteiger partial charge in [0.1, 0.15) is 6.54 Å². The second kappa shape index (κ2) is 8.24. The van der Waals surface area contributed by atoms with Crippen LogP contribution in [0, 0.1) is 5.92 Å². The van der Waals surface area contributed by atoms with Crippen LogP contribution < -0.4 is 5.32 Å². The summed E-state index contributed by atoms with van der Waals surface area (Å²) in [5.41, 5.74) is 0.877. The summed E-state index contributed by atoms with van der Waals surface area (Å²) < 4.78 is 42.3. The Morgan fingerprint density at radius 1 is 1.22 bits per heavy atom. The number of halogens is 3. The van der Waals surface area contributed by atoms with E-state index in [0.717, 1.165) is 34.5 Å². The summed E-state index contributed by atoms with van der Waals surface area (Å²) in [4.78, 5) is 28.5. The highest BCUT2D eigenvalue weighted by molar-refractivity contribution is 7.18. The fourth-order valence-electron chi connectivity index (χ4n) is 3.25. The summed E-state index contributed by atoms with van der Waals surface area (Å²) in [7, 11) is 0. The molecular formula is C18H19F3N2O3S. The van der Waals surface area contributed by atoms with Crippen LogP contribution in [0.5, 0.6) is 0 Å². The maximum absolute atomic E-state index is 12.5. The molecule has 146 valence electrons. The molecular weight excluding hydrogens is 381 g/mol. The first kappa shape index (κ1) is 19.6. The molecule has 1 amide bonds. The summed E-state index contributed by atoms with van der Waals surface area (Å²) in [6.45, 7) is -2.15. The van der Waals surface area contributed by atoms with Crippen molar-refractivity contribution in [2.75, 3.05) is 13.2 Å². The number of carbonyl (C=O) groups is 2. The molecule has 2 atom stereocenters. The highest BCUT2D eigenvalue weighted by atomic mass is 32.1. The molecule has 0 bridgehead atoms. The number of ether oxygens (including phenoxy) is 1. The molecule has 0 aliphatic heterocycles. The number of thiazole rings is 1. The van der Waals surface area contributed by atoms with Gasteiger partial charge in [-0.15, -0.1) is 11.3 Å². The van der Waals surface area contributed by atoms with Crippen LogP contribution >= 0.6 is 11.3 Å². The van der Waals surface area contributed by atoms with E-state index < -0.39 is 37.1 Å². The van der Waals surface area contributed by atoms with Crippen molar-refractivity contribution in [3.63, 3.8) is 0 Å². The van der Waals surface area contributed by atoms with Crippen molar-refractivity contribution in [3.8, 4) is 0 Å². The molecule has 1 N–H and O–H groups in total. The number of esters is 1. The Hall–Kier alpha value is -2.16. The lowest BCUT2D eigenvalue weighted by Crippen LogP contribution is -2.37. The van der Waals surface area contributed by atoms with Gasteiger partial charge in [0.25, 0.3) is 5.91 Å². The van der Waals surface area contributed by atoms with E-state index >= 15 is 0 Å². The normalized spacial score (nSPS) is 20.4. The molecule has 5 nitrogen and oxygen atoms in total. The largest absolute Gasteiger partial charge is 0.455 e. The molecule has 0 radical (unpaired) electrons. The van der Waals surface area contributed by atoms with Gasteiger partial charge in [0.05, 0.1) is 21.1 Å². The van der Waals surface area contributed by atoms with E-state index in [-0.39, 0.29) is 5.92 Å². The van der Waals surface area contributed by atoms with Crippen LogP contribution in [0.3, 0.4) is 0 Å². The van der Waals surface area contributed by atoms with Crippen molar-refractivity contribution in [1.29, 1.82) is 0 Å². The number of hydrogen-bond acceptors (Lipinski definition) is 5. The van der Waals surface area contributed by atoms with Crippen molar-refractivity contribution >= 4 is 33.4 Å². The van der Waals surface area contributed by atoms with Gasteiger partial charge in [0, 0.05) is 5.92 Å². The minimum Gasteiger partial charge on any atom is -0.455 e. The van der Waals surface area contributed by atoms with E-state index in [1.807, 2.05) is 24.3 Å². The molecule has 9 heteroatoms. The van der Waals surface area contributed by atoms with E-state index in [4.69, 9.17) is 4.74 Å². The topological polar surface area (TPSA) is 68.3 Å².